The molecule has 1 heterocycles. The minimum Gasteiger partial charge on any atom is -0.493 e. The highest BCUT2D eigenvalue weighted by atomic mass is 35.5. The Labute approximate surface area is 214 Å². The van der Waals surface area contributed by atoms with Crippen LogP contribution in [0.2, 0.25) is 5.02 Å². The van der Waals surface area contributed by atoms with Crippen LogP contribution in [0.4, 0.5) is 0 Å². The van der Waals surface area contributed by atoms with E-state index in [4.69, 9.17) is 31.5 Å². The van der Waals surface area contributed by atoms with Crippen LogP contribution in [0.15, 0.2) is 36.4 Å². The molecule has 190 valence electrons. The zero-order chi connectivity index (χ0) is 25.2. The molecule has 0 bridgehead atoms. The van der Waals surface area contributed by atoms with Gasteiger partial charge in [-0.2, -0.15) is 5.10 Å². The number of hydrogen-bond acceptors (Lipinski definition) is 5. The second-order valence-corrected chi connectivity index (χ2v) is 9.20. The first-order valence-corrected chi connectivity index (χ1v) is 12.7. The molecule has 0 aliphatic heterocycles. The molecule has 0 spiro atoms. The van der Waals surface area contributed by atoms with Crippen LogP contribution in [0.1, 0.15) is 36.1 Å². The molecule has 3 aromatic rings. The van der Waals surface area contributed by atoms with Gasteiger partial charge in [-0.05, 0) is 87.1 Å². The summed E-state index contributed by atoms with van der Waals surface area (Å²) in [5, 5.41) is 5.30. The van der Waals surface area contributed by atoms with Crippen LogP contribution < -0.4 is 10.5 Å². The van der Waals surface area contributed by atoms with Gasteiger partial charge in [-0.1, -0.05) is 17.7 Å². The molecule has 6 nitrogen and oxygen atoms in total. The van der Waals surface area contributed by atoms with E-state index in [0.29, 0.717) is 33.0 Å². The standard InChI is InChI=1S/C28H38ClN3O3/c1-20-18-23(8-10-25(20)29)28-22(3)24(26-19-21(2)31-32(26)4)9-11-27(28)35-14-7-5-6-13-33-16-17-34-15-12-30/h8-11,18-19H,5-7,12-17,30H2,1-4H3. The maximum Gasteiger partial charge on any atom is 0.127 e. The molecule has 3 rings (SSSR count). The van der Waals surface area contributed by atoms with Crippen LogP contribution in [0.5, 0.6) is 5.75 Å². The lowest BCUT2D eigenvalue weighted by Gasteiger charge is -2.18. The fourth-order valence-electron chi connectivity index (χ4n) is 4.18. The van der Waals surface area contributed by atoms with Gasteiger partial charge in [-0.15, -0.1) is 0 Å². The third kappa shape index (κ3) is 7.55. The van der Waals surface area contributed by atoms with Crippen molar-refractivity contribution in [2.24, 2.45) is 12.8 Å². The number of unbranched alkanes of at least 4 members (excludes halogenated alkanes) is 2. The predicted octanol–water partition coefficient (Wildman–Crippen LogP) is 5.87. The number of halogens is 1. The van der Waals surface area contributed by atoms with Gasteiger partial charge in [-0.3, -0.25) is 4.68 Å². The summed E-state index contributed by atoms with van der Waals surface area (Å²) >= 11 is 6.32. The highest BCUT2D eigenvalue weighted by Gasteiger charge is 2.17. The molecule has 2 aromatic carbocycles. The lowest BCUT2D eigenvalue weighted by atomic mass is 9.93. The van der Waals surface area contributed by atoms with Crippen molar-refractivity contribution in [3.05, 3.63) is 58.2 Å². The molecule has 0 atom stereocenters. The number of benzene rings is 2. The van der Waals surface area contributed by atoms with Crippen LogP contribution in [0.25, 0.3) is 22.4 Å². The Balaban J connectivity index is 1.67. The summed E-state index contributed by atoms with van der Waals surface area (Å²) in [6.45, 7) is 9.93. The minimum absolute atomic E-state index is 0.546. The third-order valence-electron chi connectivity index (χ3n) is 5.98. The average molecular weight is 500 g/mol. The Bertz CT molecular complexity index is 1100. The molecule has 7 heteroatoms. The molecule has 0 aliphatic rings. The van der Waals surface area contributed by atoms with Crippen LogP contribution in [-0.4, -0.2) is 49.4 Å². The molecule has 0 fully saturated rings. The smallest absolute Gasteiger partial charge is 0.127 e. The van der Waals surface area contributed by atoms with Crippen LogP contribution >= 0.6 is 11.6 Å². The highest BCUT2D eigenvalue weighted by molar-refractivity contribution is 6.31. The number of ether oxygens (including phenoxy) is 3. The van der Waals surface area contributed by atoms with E-state index in [-0.39, 0.29) is 0 Å². The van der Waals surface area contributed by atoms with Gasteiger partial charge in [0, 0.05) is 36.3 Å². The Hall–Kier alpha value is -2.38. The minimum atomic E-state index is 0.546. The van der Waals surface area contributed by atoms with Gasteiger partial charge in [0.15, 0.2) is 0 Å². The first-order chi connectivity index (χ1) is 16.9. The van der Waals surface area contributed by atoms with Crippen molar-refractivity contribution in [3.63, 3.8) is 0 Å². The highest BCUT2D eigenvalue weighted by Crippen LogP contribution is 2.40. The van der Waals surface area contributed by atoms with E-state index in [0.717, 1.165) is 75.8 Å². The Kier molecular flexibility index (Phi) is 10.6. The largest absolute Gasteiger partial charge is 0.493 e. The van der Waals surface area contributed by atoms with E-state index < -0.39 is 0 Å². The molecule has 0 radical (unpaired) electrons. The van der Waals surface area contributed by atoms with Crippen molar-refractivity contribution >= 4 is 11.6 Å². The molecule has 0 aliphatic carbocycles. The van der Waals surface area contributed by atoms with Crippen molar-refractivity contribution in [2.75, 3.05) is 39.6 Å². The molecule has 0 saturated carbocycles. The van der Waals surface area contributed by atoms with Crippen molar-refractivity contribution in [2.45, 2.75) is 40.0 Å². The molecular formula is C28H38ClN3O3. The third-order valence-corrected chi connectivity index (χ3v) is 6.40. The first-order valence-electron chi connectivity index (χ1n) is 12.3. The molecule has 0 unspecified atom stereocenters. The first kappa shape index (κ1) is 27.2. The molecule has 2 N–H and O–H groups in total. The second kappa shape index (κ2) is 13.6. The van der Waals surface area contributed by atoms with Crippen LogP contribution in [0, 0.1) is 20.8 Å². The van der Waals surface area contributed by atoms with E-state index in [2.05, 4.69) is 42.4 Å². The molecule has 0 saturated heterocycles. The van der Waals surface area contributed by atoms with Crippen LogP contribution in [0.3, 0.4) is 0 Å². The van der Waals surface area contributed by atoms with Gasteiger partial charge in [0.2, 0.25) is 0 Å². The monoisotopic (exact) mass is 499 g/mol. The molecule has 35 heavy (non-hydrogen) atoms. The normalized spacial score (nSPS) is 11.3. The predicted molar refractivity (Wildman–Crippen MR) is 143 cm³/mol. The summed E-state index contributed by atoms with van der Waals surface area (Å²) in [4.78, 5) is 0. The van der Waals surface area contributed by atoms with Crippen molar-refractivity contribution in [3.8, 4) is 28.1 Å². The summed E-state index contributed by atoms with van der Waals surface area (Å²) < 4.78 is 19.2. The van der Waals surface area contributed by atoms with E-state index in [1.807, 2.05) is 31.6 Å². The SMILES string of the molecule is Cc1cc(-c2ccc(OCCCCCOCCOCCN)c(-c3ccc(Cl)c(C)c3)c2C)n(C)n1. The second-order valence-electron chi connectivity index (χ2n) is 8.79. The number of aryl methyl sites for hydroxylation is 3. The number of nitrogens with zero attached hydrogens (tertiary/aromatic N) is 2. The summed E-state index contributed by atoms with van der Waals surface area (Å²) in [6.07, 6.45) is 3.01. The fraction of sp³-hybridized carbons (Fsp3) is 0.464. The quantitative estimate of drug-likeness (QED) is 0.281. The number of hydrogen-bond donors (Lipinski definition) is 1. The lowest BCUT2D eigenvalue weighted by Crippen LogP contribution is -2.12. The zero-order valence-electron chi connectivity index (χ0n) is 21.4. The summed E-state index contributed by atoms with van der Waals surface area (Å²) in [5.41, 5.74) is 13.0. The summed E-state index contributed by atoms with van der Waals surface area (Å²) in [6, 6.07) is 12.5. The van der Waals surface area contributed by atoms with E-state index in [1.54, 1.807) is 0 Å². The maximum absolute atomic E-state index is 6.32. The molecule has 1 aromatic heterocycles. The van der Waals surface area contributed by atoms with Crippen LogP contribution in [-0.2, 0) is 16.5 Å². The number of rotatable bonds is 14. The van der Waals surface area contributed by atoms with Gasteiger partial charge >= 0.3 is 0 Å². The van der Waals surface area contributed by atoms with Crippen molar-refractivity contribution in [1.82, 2.24) is 9.78 Å². The topological polar surface area (TPSA) is 71.5 Å². The Morgan fingerprint density at radius 1 is 0.886 bits per heavy atom. The van der Waals surface area contributed by atoms with Crippen molar-refractivity contribution in [1.29, 1.82) is 0 Å². The van der Waals surface area contributed by atoms with Gasteiger partial charge in [0.25, 0.3) is 0 Å². The number of aromatic nitrogens is 2. The Morgan fingerprint density at radius 2 is 1.63 bits per heavy atom. The number of nitrogens with two attached hydrogens (primary N) is 1. The lowest BCUT2D eigenvalue weighted by molar-refractivity contribution is 0.0490. The fourth-order valence-corrected chi connectivity index (χ4v) is 4.29. The molecular weight excluding hydrogens is 462 g/mol. The maximum atomic E-state index is 6.32. The van der Waals surface area contributed by atoms with E-state index >= 15 is 0 Å². The zero-order valence-corrected chi connectivity index (χ0v) is 22.2. The summed E-state index contributed by atoms with van der Waals surface area (Å²) in [7, 11) is 1.98. The Morgan fingerprint density at radius 3 is 2.31 bits per heavy atom. The van der Waals surface area contributed by atoms with Gasteiger partial charge in [0.05, 0.1) is 37.8 Å². The summed E-state index contributed by atoms with van der Waals surface area (Å²) in [5.74, 6) is 0.889. The van der Waals surface area contributed by atoms with E-state index in [1.165, 1.54) is 0 Å². The van der Waals surface area contributed by atoms with Gasteiger partial charge < -0.3 is 19.9 Å². The van der Waals surface area contributed by atoms with Crippen molar-refractivity contribution < 1.29 is 14.2 Å². The van der Waals surface area contributed by atoms with Gasteiger partial charge in [0.1, 0.15) is 5.75 Å². The average Bonchev–Trinajstić information content (AvgIpc) is 3.17. The molecule has 0 amide bonds. The van der Waals surface area contributed by atoms with E-state index in [9.17, 15) is 0 Å². The van der Waals surface area contributed by atoms with Gasteiger partial charge in [-0.25, -0.2) is 0 Å².